The van der Waals surface area contributed by atoms with Gasteiger partial charge in [-0.3, -0.25) is 0 Å². The topological polar surface area (TPSA) is 76.8 Å². The van der Waals surface area contributed by atoms with Crippen LogP contribution in [0.15, 0.2) is 44.4 Å². The van der Waals surface area contributed by atoms with Gasteiger partial charge in [-0.05, 0) is 31.5 Å². The van der Waals surface area contributed by atoms with Gasteiger partial charge in [-0.15, -0.1) is 0 Å². The normalized spacial score (nSPS) is 18.4. The van der Waals surface area contributed by atoms with Crippen LogP contribution >= 0.6 is 11.6 Å². The van der Waals surface area contributed by atoms with Crippen LogP contribution in [0, 0.1) is 12.7 Å². The van der Waals surface area contributed by atoms with Crippen molar-refractivity contribution >= 4 is 21.6 Å². The number of ether oxygens (including phenoxy) is 1. The van der Waals surface area contributed by atoms with E-state index in [2.05, 4.69) is 0 Å². The lowest BCUT2D eigenvalue weighted by Crippen LogP contribution is -2.31. The summed E-state index contributed by atoms with van der Waals surface area (Å²) in [4.78, 5) is 11.3. The van der Waals surface area contributed by atoms with Crippen LogP contribution in [0.4, 0.5) is 4.39 Å². The molecule has 3 rings (SSSR count). The fourth-order valence-electron chi connectivity index (χ4n) is 2.63. The molecule has 0 radical (unpaired) electrons. The molecule has 0 N–H and O–H groups in total. The number of hydrogen-bond donors (Lipinski definition) is 0. The smallest absolute Gasteiger partial charge is 0.339 e. The van der Waals surface area contributed by atoms with Gasteiger partial charge in [-0.2, -0.15) is 4.31 Å². The molecule has 1 aromatic heterocycles. The van der Waals surface area contributed by atoms with Gasteiger partial charge in [0.15, 0.2) is 0 Å². The van der Waals surface area contributed by atoms with Gasteiger partial charge in [0.25, 0.3) is 0 Å². The Labute approximate surface area is 148 Å². The average Bonchev–Trinajstić information content (AvgIpc) is 2.98. The quantitative estimate of drug-likeness (QED) is 0.805. The number of nitrogens with zero attached hydrogens (tertiary/aromatic N) is 1. The van der Waals surface area contributed by atoms with Gasteiger partial charge in [0, 0.05) is 12.6 Å². The molecule has 1 aromatic carbocycles. The summed E-state index contributed by atoms with van der Waals surface area (Å²) in [6.45, 7) is 2.00. The highest BCUT2D eigenvalue weighted by Crippen LogP contribution is 2.26. The zero-order valence-electron chi connectivity index (χ0n) is 13.2. The molecular weight excluding hydrogens is 373 g/mol. The van der Waals surface area contributed by atoms with Crippen molar-refractivity contribution in [2.75, 3.05) is 13.1 Å². The zero-order valence-corrected chi connectivity index (χ0v) is 14.8. The highest BCUT2D eigenvalue weighted by atomic mass is 35.5. The Morgan fingerprint density at radius 1 is 1.32 bits per heavy atom. The van der Waals surface area contributed by atoms with Crippen molar-refractivity contribution < 1.29 is 22.0 Å². The van der Waals surface area contributed by atoms with E-state index in [1.165, 1.54) is 16.4 Å². The van der Waals surface area contributed by atoms with Crippen molar-refractivity contribution in [2.45, 2.75) is 24.3 Å². The second-order valence-corrected chi connectivity index (χ2v) is 8.04. The predicted molar refractivity (Wildman–Crippen MR) is 88.9 cm³/mol. The summed E-state index contributed by atoms with van der Waals surface area (Å²) in [6, 6.07) is 6.07. The summed E-state index contributed by atoms with van der Waals surface area (Å²) in [7, 11) is -3.80. The molecule has 1 saturated heterocycles. The van der Waals surface area contributed by atoms with Gasteiger partial charge in [0.2, 0.25) is 10.0 Å². The predicted octanol–water partition coefficient (Wildman–Crippen LogP) is 2.58. The van der Waals surface area contributed by atoms with Gasteiger partial charge in [-0.25, -0.2) is 17.6 Å². The summed E-state index contributed by atoms with van der Waals surface area (Å²) in [5.41, 5.74) is -0.529. The van der Waals surface area contributed by atoms with Crippen LogP contribution in [0.25, 0.3) is 0 Å². The van der Waals surface area contributed by atoms with E-state index in [1.54, 1.807) is 13.0 Å². The minimum atomic E-state index is -3.80. The molecule has 2 heterocycles. The SMILES string of the molecule is Cc1cc(O[C@@H]2CCN(S(=O)(=O)c3ccc(F)c(Cl)c3)C2)cc(=O)o1. The Balaban J connectivity index is 1.75. The van der Waals surface area contributed by atoms with Crippen LogP contribution in [0.5, 0.6) is 5.75 Å². The molecule has 134 valence electrons. The highest BCUT2D eigenvalue weighted by molar-refractivity contribution is 7.89. The second-order valence-electron chi connectivity index (χ2n) is 5.69. The van der Waals surface area contributed by atoms with Crippen LogP contribution in [-0.2, 0) is 10.0 Å². The zero-order chi connectivity index (χ0) is 18.2. The Morgan fingerprint density at radius 3 is 2.76 bits per heavy atom. The van der Waals surface area contributed by atoms with Crippen LogP contribution in [-0.4, -0.2) is 31.9 Å². The maximum absolute atomic E-state index is 13.2. The molecule has 25 heavy (non-hydrogen) atoms. The highest BCUT2D eigenvalue weighted by Gasteiger charge is 2.34. The first-order valence-electron chi connectivity index (χ1n) is 7.49. The molecule has 0 bridgehead atoms. The van der Waals surface area contributed by atoms with E-state index in [9.17, 15) is 17.6 Å². The van der Waals surface area contributed by atoms with E-state index in [1.807, 2.05) is 0 Å². The molecule has 1 aliphatic rings. The van der Waals surface area contributed by atoms with Crippen molar-refractivity contribution in [1.29, 1.82) is 0 Å². The first-order chi connectivity index (χ1) is 11.8. The number of benzene rings is 1. The lowest BCUT2D eigenvalue weighted by molar-refractivity contribution is 0.213. The van der Waals surface area contributed by atoms with Gasteiger partial charge in [0.1, 0.15) is 23.4 Å². The fourth-order valence-corrected chi connectivity index (χ4v) is 4.39. The second kappa shape index (κ2) is 6.78. The molecule has 0 saturated carbocycles. The molecule has 6 nitrogen and oxygen atoms in total. The van der Waals surface area contributed by atoms with E-state index in [-0.39, 0.29) is 23.0 Å². The molecule has 0 amide bonds. The van der Waals surface area contributed by atoms with Crippen LogP contribution < -0.4 is 10.4 Å². The van der Waals surface area contributed by atoms with Crippen molar-refractivity contribution in [2.24, 2.45) is 0 Å². The third-order valence-corrected chi connectivity index (χ3v) is 5.96. The number of halogens is 2. The van der Waals surface area contributed by atoms with Crippen molar-refractivity contribution in [3.8, 4) is 5.75 Å². The Kier molecular flexibility index (Phi) is 4.86. The fraction of sp³-hybridized carbons (Fsp3) is 0.312. The number of aryl methyl sites for hydroxylation is 1. The third kappa shape index (κ3) is 3.86. The first kappa shape index (κ1) is 17.9. The van der Waals surface area contributed by atoms with E-state index < -0.39 is 27.6 Å². The molecule has 2 aromatic rings. The van der Waals surface area contributed by atoms with E-state index in [0.717, 1.165) is 12.1 Å². The van der Waals surface area contributed by atoms with Gasteiger partial charge < -0.3 is 9.15 Å². The molecule has 1 fully saturated rings. The van der Waals surface area contributed by atoms with Crippen LogP contribution in [0.1, 0.15) is 12.2 Å². The Hall–Kier alpha value is -1.90. The Morgan fingerprint density at radius 2 is 2.08 bits per heavy atom. The maximum Gasteiger partial charge on any atom is 0.339 e. The Bertz CT molecular complexity index is 959. The minimum Gasteiger partial charge on any atom is -0.489 e. The number of hydrogen-bond acceptors (Lipinski definition) is 5. The monoisotopic (exact) mass is 387 g/mol. The summed E-state index contributed by atoms with van der Waals surface area (Å²) in [5.74, 6) is 0.0651. The minimum absolute atomic E-state index is 0.0734. The lowest BCUT2D eigenvalue weighted by atomic mass is 10.3. The van der Waals surface area contributed by atoms with E-state index in [0.29, 0.717) is 17.9 Å². The molecule has 0 aliphatic carbocycles. The summed E-state index contributed by atoms with van der Waals surface area (Å²) in [5, 5.41) is -0.250. The molecule has 1 atom stereocenters. The maximum atomic E-state index is 13.2. The van der Waals surface area contributed by atoms with E-state index >= 15 is 0 Å². The van der Waals surface area contributed by atoms with E-state index in [4.69, 9.17) is 20.8 Å². The molecular formula is C16H15ClFNO5S. The number of rotatable bonds is 4. The lowest BCUT2D eigenvalue weighted by Gasteiger charge is -2.17. The number of sulfonamides is 1. The standard InChI is InChI=1S/C16H15ClFNO5S/c1-10-6-12(7-16(20)23-10)24-11-4-5-19(9-11)25(21,22)13-2-3-15(18)14(17)8-13/h2-3,6-8,11H,4-5,9H2,1H3/t11-/m1/s1. The van der Waals surface area contributed by atoms with Crippen LogP contribution in [0.2, 0.25) is 5.02 Å². The third-order valence-electron chi connectivity index (χ3n) is 3.81. The first-order valence-corrected chi connectivity index (χ1v) is 9.31. The molecule has 9 heteroatoms. The average molecular weight is 388 g/mol. The largest absolute Gasteiger partial charge is 0.489 e. The summed E-state index contributed by atoms with van der Waals surface area (Å²) >= 11 is 5.67. The van der Waals surface area contributed by atoms with Crippen molar-refractivity contribution in [3.05, 3.63) is 57.4 Å². The summed E-state index contributed by atoms with van der Waals surface area (Å²) < 4.78 is 50.3. The van der Waals surface area contributed by atoms with Crippen LogP contribution in [0.3, 0.4) is 0 Å². The van der Waals surface area contributed by atoms with Crippen molar-refractivity contribution in [3.63, 3.8) is 0 Å². The molecule has 1 aliphatic heterocycles. The molecule has 0 unspecified atom stereocenters. The summed E-state index contributed by atoms with van der Waals surface area (Å²) in [6.07, 6.45) is 0.0693. The molecule has 0 spiro atoms. The van der Waals surface area contributed by atoms with Gasteiger partial charge >= 0.3 is 5.63 Å². The van der Waals surface area contributed by atoms with Crippen molar-refractivity contribution in [1.82, 2.24) is 4.31 Å². The van der Waals surface area contributed by atoms with Gasteiger partial charge in [-0.1, -0.05) is 11.6 Å². The van der Waals surface area contributed by atoms with Gasteiger partial charge in [0.05, 0.1) is 22.5 Å².